The molecule has 4 rings (SSSR count). The van der Waals surface area contributed by atoms with Gasteiger partial charge >= 0.3 is 15.5 Å². The number of hydrogen-bond acceptors (Lipinski definition) is 4. The Labute approximate surface area is 186 Å². The second kappa shape index (κ2) is 9.05. The zero-order valence-corrected chi connectivity index (χ0v) is 18.9. The molecule has 1 aliphatic carbocycles. The molecular formula is C22H29F3N4O2S. The lowest BCUT2D eigenvalue weighted by molar-refractivity contribution is -0.0492. The van der Waals surface area contributed by atoms with Gasteiger partial charge in [0.25, 0.3) is 0 Å². The summed E-state index contributed by atoms with van der Waals surface area (Å²) in [4.78, 5) is 9.20. The molecule has 1 aromatic heterocycles. The average Bonchev–Trinajstić information content (AvgIpc) is 3.40. The summed E-state index contributed by atoms with van der Waals surface area (Å²) in [6.45, 7) is 1.75. The summed E-state index contributed by atoms with van der Waals surface area (Å²) < 4.78 is 66.2. The maximum absolute atomic E-state index is 13.5. The standard InChI is InChI=1S/C22H29F3N4O2S/c1-16-5-4-8-21-20(16)14-28(32(30,31)22(23,24)25)13-19(10-9-17-6-2-3-7-17)29(21)12-18-11-26-15-27-18/h4-5,8,11,15,17,19H,2-3,6-7,9-10,12-14H2,1H3,(H,26,27)/t19-/m0/s1. The van der Waals surface area contributed by atoms with Crippen molar-refractivity contribution >= 4 is 15.7 Å². The largest absolute Gasteiger partial charge is 0.511 e. The monoisotopic (exact) mass is 470 g/mol. The third-order valence-electron chi connectivity index (χ3n) is 6.80. The molecule has 6 nitrogen and oxygen atoms in total. The molecule has 0 saturated heterocycles. The van der Waals surface area contributed by atoms with Crippen LogP contribution in [0, 0.1) is 12.8 Å². The van der Waals surface area contributed by atoms with Crippen LogP contribution in [0.1, 0.15) is 55.3 Å². The smallest absolute Gasteiger partial charge is 0.361 e. The first-order chi connectivity index (χ1) is 15.2. The quantitative estimate of drug-likeness (QED) is 0.663. The number of nitrogens with one attached hydrogen (secondary N) is 1. The molecule has 1 saturated carbocycles. The number of imidazole rings is 1. The zero-order chi connectivity index (χ0) is 22.9. The molecule has 1 atom stereocenters. The number of rotatable bonds is 6. The highest BCUT2D eigenvalue weighted by molar-refractivity contribution is 7.89. The highest BCUT2D eigenvalue weighted by Gasteiger charge is 2.51. The fourth-order valence-electron chi connectivity index (χ4n) is 5.01. The van der Waals surface area contributed by atoms with Gasteiger partial charge in [-0.3, -0.25) is 0 Å². The second-order valence-corrected chi connectivity index (χ2v) is 10.8. The van der Waals surface area contributed by atoms with Crippen LogP contribution in [-0.4, -0.2) is 40.8 Å². The SMILES string of the molecule is Cc1cccc2c1CN(S(=O)(=O)C(F)(F)F)C[C@H](CCC1CCCC1)N2Cc1cnc[nH]1. The molecule has 1 aromatic carbocycles. The van der Waals surface area contributed by atoms with Gasteiger partial charge in [0.1, 0.15) is 0 Å². The van der Waals surface area contributed by atoms with Gasteiger partial charge in [-0.05, 0) is 42.9 Å². The Morgan fingerprint density at radius 2 is 1.94 bits per heavy atom. The Balaban J connectivity index is 1.74. The maximum Gasteiger partial charge on any atom is 0.511 e. The number of sulfonamides is 1. The number of aromatic amines is 1. The molecule has 2 aromatic rings. The van der Waals surface area contributed by atoms with Gasteiger partial charge in [-0.25, -0.2) is 13.4 Å². The van der Waals surface area contributed by atoms with Crippen molar-refractivity contribution < 1.29 is 21.6 Å². The molecule has 32 heavy (non-hydrogen) atoms. The van der Waals surface area contributed by atoms with Gasteiger partial charge in [0.2, 0.25) is 0 Å². The minimum Gasteiger partial charge on any atom is -0.361 e. The Bertz CT molecular complexity index is 1020. The van der Waals surface area contributed by atoms with Crippen LogP contribution >= 0.6 is 0 Å². The minimum absolute atomic E-state index is 0.198. The van der Waals surface area contributed by atoms with E-state index in [2.05, 4.69) is 14.9 Å². The highest BCUT2D eigenvalue weighted by Crippen LogP contribution is 2.38. The van der Waals surface area contributed by atoms with Crippen LogP contribution in [0.15, 0.2) is 30.7 Å². The lowest BCUT2D eigenvalue weighted by atomic mass is 9.97. The summed E-state index contributed by atoms with van der Waals surface area (Å²) in [6, 6.07) is 5.19. The first-order valence-electron chi connectivity index (χ1n) is 11.1. The van der Waals surface area contributed by atoms with Gasteiger partial charge in [-0.1, -0.05) is 37.8 Å². The van der Waals surface area contributed by atoms with E-state index in [4.69, 9.17) is 0 Å². The number of fused-ring (bicyclic) bond motifs is 1. The Hall–Kier alpha value is -2.07. The van der Waals surface area contributed by atoms with Crippen molar-refractivity contribution in [2.75, 3.05) is 11.4 Å². The fraction of sp³-hybridized carbons (Fsp3) is 0.591. The molecule has 10 heteroatoms. The van der Waals surface area contributed by atoms with Gasteiger partial charge in [0.15, 0.2) is 0 Å². The number of anilines is 1. The maximum atomic E-state index is 13.5. The number of H-pyrrole nitrogens is 1. The van der Waals surface area contributed by atoms with Crippen molar-refractivity contribution in [3.63, 3.8) is 0 Å². The summed E-state index contributed by atoms with van der Waals surface area (Å²) in [7, 11) is -5.45. The molecule has 0 radical (unpaired) electrons. The lowest BCUT2D eigenvalue weighted by Crippen LogP contribution is -2.47. The van der Waals surface area contributed by atoms with E-state index in [9.17, 15) is 21.6 Å². The minimum atomic E-state index is -5.45. The molecule has 0 unspecified atom stereocenters. The molecule has 2 aliphatic rings. The van der Waals surface area contributed by atoms with Crippen molar-refractivity contribution in [3.8, 4) is 0 Å². The van der Waals surface area contributed by atoms with Gasteiger partial charge in [-0.15, -0.1) is 0 Å². The number of nitrogens with zero attached hydrogens (tertiary/aromatic N) is 3. The number of hydrogen-bond donors (Lipinski definition) is 1. The van der Waals surface area contributed by atoms with Crippen LogP contribution in [0.25, 0.3) is 0 Å². The van der Waals surface area contributed by atoms with Crippen molar-refractivity contribution in [2.45, 2.75) is 70.1 Å². The topological polar surface area (TPSA) is 69.3 Å². The van der Waals surface area contributed by atoms with Gasteiger partial charge in [-0.2, -0.15) is 17.5 Å². The van der Waals surface area contributed by atoms with E-state index in [1.807, 2.05) is 25.1 Å². The van der Waals surface area contributed by atoms with Crippen LogP contribution in [0.4, 0.5) is 18.9 Å². The first-order valence-corrected chi connectivity index (χ1v) is 12.5. The normalized spacial score (nSPS) is 21.0. The van der Waals surface area contributed by atoms with E-state index in [0.717, 1.165) is 36.2 Å². The molecule has 0 amide bonds. The van der Waals surface area contributed by atoms with Crippen LogP contribution in [-0.2, 0) is 23.1 Å². The number of benzene rings is 1. The van der Waals surface area contributed by atoms with Gasteiger partial charge < -0.3 is 9.88 Å². The molecule has 0 spiro atoms. The summed E-state index contributed by atoms with van der Waals surface area (Å²) in [5.41, 5.74) is -2.32. The summed E-state index contributed by atoms with van der Waals surface area (Å²) in [6.07, 6.45) is 9.41. The van der Waals surface area contributed by atoms with E-state index >= 15 is 0 Å². The third kappa shape index (κ3) is 4.66. The van der Waals surface area contributed by atoms with Crippen molar-refractivity contribution in [3.05, 3.63) is 47.5 Å². The number of alkyl halides is 3. The second-order valence-electron chi connectivity index (χ2n) is 8.90. The summed E-state index contributed by atoms with van der Waals surface area (Å²) in [5.74, 6) is 0.553. The fourth-order valence-corrected chi connectivity index (χ4v) is 5.97. The van der Waals surface area contributed by atoms with Gasteiger partial charge in [0.05, 0.1) is 18.6 Å². The van der Waals surface area contributed by atoms with E-state index in [-0.39, 0.29) is 19.1 Å². The number of aromatic nitrogens is 2. The van der Waals surface area contributed by atoms with E-state index in [1.54, 1.807) is 12.5 Å². The average molecular weight is 471 g/mol. The summed E-state index contributed by atoms with van der Waals surface area (Å²) in [5, 5.41) is 0. The molecular weight excluding hydrogens is 441 g/mol. The molecule has 1 N–H and O–H groups in total. The highest BCUT2D eigenvalue weighted by atomic mass is 32.2. The predicted molar refractivity (Wildman–Crippen MR) is 116 cm³/mol. The molecule has 176 valence electrons. The Morgan fingerprint density at radius 3 is 2.59 bits per heavy atom. The number of halogens is 3. The Kier molecular flexibility index (Phi) is 6.53. The zero-order valence-electron chi connectivity index (χ0n) is 18.1. The van der Waals surface area contributed by atoms with Crippen molar-refractivity contribution in [1.82, 2.24) is 14.3 Å². The van der Waals surface area contributed by atoms with E-state index in [1.165, 1.54) is 12.8 Å². The first kappa shape index (κ1) is 23.1. The summed E-state index contributed by atoms with van der Waals surface area (Å²) >= 11 is 0. The third-order valence-corrected chi connectivity index (χ3v) is 8.34. The van der Waals surface area contributed by atoms with Crippen LogP contribution in [0.2, 0.25) is 0 Å². The Morgan fingerprint density at radius 1 is 1.19 bits per heavy atom. The molecule has 1 aliphatic heterocycles. The van der Waals surface area contributed by atoms with Gasteiger partial charge in [0, 0.05) is 31.0 Å². The van der Waals surface area contributed by atoms with E-state index in [0.29, 0.717) is 28.8 Å². The van der Waals surface area contributed by atoms with Crippen LogP contribution in [0.3, 0.4) is 0 Å². The molecule has 1 fully saturated rings. The van der Waals surface area contributed by atoms with Crippen molar-refractivity contribution in [2.24, 2.45) is 5.92 Å². The van der Waals surface area contributed by atoms with Crippen molar-refractivity contribution in [1.29, 1.82) is 0 Å². The van der Waals surface area contributed by atoms with E-state index < -0.39 is 15.5 Å². The number of aryl methyl sites for hydroxylation is 1. The molecule has 2 heterocycles. The molecule has 0 bridgehead atoms. The van der Waals surface area contributed by atoms with Crippen LogP contribution < -0.4 is 4.90 Å². The predicted octanol–water partition coefficient (Wildman–Crippen LogP) is 4.73. The van der Waals surface area contributed by atoms with Crippen LogP contribution in [0.5, 0.6) is 0 Å². The lowest BCUT2D eigenvalue weighted by Gasteiger charge is -2.34.